The summed E-state index contributed by atoms with van der Waals surface area (Å²) < 4.78 is 0. The fourth-order valence-corrected chi connectivity index (χ4v) is 2.64. The highest BCUT2D eigenvalue weighted by Gasteiger charge is 2.30. The molecular weight excluding hydrogens is 260 g/mol. The molecule has 0 radical (unpaired) electrons. The smallest absolute Gasteiger partial charge is 0.308 e. The Bertz CT molecular complexity index is 606. The lowest BCUT2D eigenvalue weighted by atomic mass is 9.97. The van der Waals surface area contributed by atoms with Crippen LogP contribution in [-0.2, 0) is 4.79 Å². The first kappa shape index (κ1) is 14.3. The van der Waals surface area contributed by atoms with Crippen LogP contribution in [0, 0.1) is 19.8 Å². The van der Waals surface area contributed by atoms with E-state index in [0.717, 1.165) is 0 Å². The molecule has 6 nitrogen and oxygen atoms in total. The molecule has 1 atom stereocenters. The molecule has 1 aliphatic heterocycles. The number of hydrogen-bond acceptors (Lipinski definition) is 3. The Balaban J connectivity index is 2.28. The third kappa shape index (κ3) is 2.74. The molecule has 1 aromatic heterocycles. The molecular formula is C14H18N2O4. The molecule has 1 aromatic rings. The molecule has 1 amide bonds. The van der Waals surface area contributed by atoms with Crippen LogP contribution in [0.4, 0.5) is 0 Å². The largest absolute Gasteiger partial charge is 0.481 e. The number of likely N-dealkylation sites (tertiary alicyclic amines) is 1. The monoisotopic (exact) mass is 278 g/mol. The molecule has 2 N–H and O–H groups in total. The van der Waals surface area contributed by atoms with E-state index in [4.69, 9.17) is 5.11 Å². The van der Waals surface area contributed by atoms with Gasteiger partial charge in [-0.15, -0.1) is 0 Å². The summed E-state index contributed by atoms with van der Waals surface area (Å²) in [6.07, 6.45) is 1.22. The first-order chi connectivity index (χ1) is 9.40. The molecule has 108 valence electrons. The van der Waals surface area contributed by atoms with Gasteiger partial charge in [0.05, 0.1) is 5.92 Å². The number of aromatic nitrogens is 1. The lowest BCUT2D eigenvalue weighted by molar-refractivity contribution is -0.143. The van der Waals surface area contributed by atoms with Gasteiger partial charge < -0.3 is 15.0 Å². The minimum atomic E-state index is -0.892. The molecule has 6 heteroatoms. The number of aromatic amines is 1. The van der Waals surface area contributed by atoms with Gasteiger partial charge in [-0.1, -0.05) is 0 Å². The number of carboxylic acid groups (broad SMARTS) is 1. The van der Waals surface area contributed by atoms with Crippen molar-refractivity contribution < 1.29 is 14.7 Å². The van der Waals surface area contributed by atoms with E-state index in [1.165, 1.54) is 4.90 Å². The zero-order valence-corrected chi connectivity index (χ0v) is 11.6. The number of piperidine rings is 1. The van der Waals surface area contributed by atoms with Crippen LogP contribution < -0.4 is 5.56 Å². The number of hydrogen-bond donors (Lipinski definition) is 2. The topological polar surface area (TPSA) is 90.5 Å². The number of rotatable bonds is 2. The number of aryl methyl sites for hydroxylation is 2. The van der Waals surface area contributed by atoms with Crippen LogP contribution in [0.25, 0.3) is 0 Å². The minimum Gasteiger partial charge on any atom is -0.481 e. The molecule has 20 heavy (non-hydrogen) atoms. The second-order valence-corrected chi connectivity index (χ2v) is 5.27. The molecule has 0 unspecified atom stereocenters. The molecule has 0 aromatic carbocycles. The van der Waals surface area contributed by atoms with E-state index in [0.29, 0.717) is 30.6 Å². The minimum absolute atomic E-state index is 0.113. The van der Waals surface area contributed by atoms with Gasteiger partial charge in [0.25, 0.3) is 11.5 Å². The SMILES string of the molecule is Cc1cc(C)c(C(=O)N2CCC[C@H](C(=O)O)C2)c(=O)[nH]1. The Morgan fingerprint density at radius 1 is 1.40 bits per heavy atom. The Morgan fingerprint density at radius 3 is 2.70 bits per heavy atom. The van der Waals surface area contributed by atoms with Crippen molar-refractivity contribution in [2.75, 3.05) is 13.1 Å². The van der Waals surface area contributed by atoms with Gasteiger partial charge in [0, 0.05) is 18.8 Å². The Morgan fingerprint density at radius 2 is 2.10 bits per heavy atom. The van der Waals surface area contributed by atoms with Gasteiger partial charge in [0.1, 0.15) is 5.56 Å². The van der Waals surface area contributed by atoms with E-state index < -0.39 is 17.4 Å². The van der Waals surface area contributed by atoms with Crippen molar-refractivity contribution in [1.82, 2.24) is 9.88 Å². The lowest BCUT2D eigenvalue weighted by Gasteiger charge is -2.30. The summed E-state index contributed by atoms with van der Waals surface area (Å²) in [4.78, 5) is 39.5. The number of pyridine rings is 1. The fourth-order valence-electron chi connectivity index (χ4n) is 2.64. The first-order valence-electron chi connectivity index (χ1n) is 6.62. The molecule has 0 bridgehead atoms. The number of nitrogens with one attached hydrogen (secondary N) is 1. The standard InChI is InChI=1S/C14H18N2O4/c1-8-6-9(2)15-12(17)11(8)13(18)16-5-3-4-10(7-16)14(19)20/h6,10H,3-5,7H2,1-2H3,(H,15,17)(H,19,20)/t10-/m0/s1. The van der Waals surface area contributed by atoms with Gasteiger partial charge in [0.2, 0.25) is 0 Å². The maximum atomic E-state index is 12.4. The molecule has 0 aliphatic carbocycles. The van der Waals surface area contributed by atoms with E-state index in [2.05, 4.69) is 4.98 Å². The van der Waals surface area contributed by atoms with Crippen LogP contribution in [0.5, 0.6) is 0 Å². The van der Waals surface area contributed by atoms with Gasteiger partial charge in [-0.2, -0.15) is 0 Å². The first-order valence-corrected chi connectivity index (χ1v) is 6.62. The van der Waals surface area contributed by atoms with E-state index in [9.17, 15) is 14.4 Å². The van der Waals surface area contributed by atoms with Crippen molar-refractivity contribution in [3.8, 4) is 0 Å². The molecule has 2 rings (SSSR count). The van der Waals surface area contributed by atoms with Gasteiger partial charge in [0.15, 0.2) is 0 Å². The number of carbonyl (C=O) groups is 2. The molecule has 0 saturated carbocycles. The van der Waals surface area contributed by atoms with Gasteiger partial charge in [-0.05, 0) is 38.3 Å². The van der Waals surface area contributed by atoms with Crippen molar-refractivity contribution in [3.05, 3.63) is 33.2 Å². The van der Waals surface area contributed by atoms with Crippen molar-refractivity contribution in [3.63, 3.8) is 0 Å². The second kappa shape index (κ2) is 5.48. The summed E-state index contributed by atoms with van der Waals surface area (Å²) in [6.45, 7) is 4.13. The third-order valence-corrected chi connectivity index (χ3v) is 3.64. The molecule has 1 saturated heterocycles. The Labute approximate surface area is 116 Å². The molecule has 1 fully saturated rings. The number of carbonyl (C=O) groups excluding carboxylic acids is 1. The van der Waals surface area contributed by atoms with Crippen LogP contribution in [0.15, 0.2) is 10.9 Å². The fraction of sp³-hybridized carbons (Fsp3) is 0.500. The number of carboxylic acids is 1. The lowest BCUT2D eigenvalue weighted by Crippen LogP contribution is -2.44. The predicted octanol–water partition coefficient (Wildman–Crippen LogP) is 0.929. The molecule has 0 spiro atoms. The number of aliphatic carboxylic acids is 1. The summed E-state index contributed by atoms with van der Waals surface area (Å²) in [5.41, 5.74) is 1.02. The average Bonchev–Trinajstić information content (AvgIpc) is 2.37. The summed E-state index contributed by atoms with van der Waals surface area (Å²) in [5.74, 6) is -1.82. The van der Waals surface area contributed by atoms with Crippen molar-refractivity contribution >= 4 is 11.9 Å². The Kier molecular flexibility index (Phi) is 3.92. The van der Waals surface area contributed by atoms with Crippen LogP contribution in [0.2, 0.25) is 0 Å². The summed E-state index contributed by atoms with van der Waals surface area (Å²) in [6, 6.07) is 1.74. The quantitative estimate of drug-likeness (QED) is 0.842. The second-order valence-electron chi connectivity index (χ2n) is 5.27. The van der Waals surface area contributed by atoms with E-state index in [1.54, 1.807) is 19.9 Å². The third-order valence-electron chi connectivity index (χ3n) is 3.64. The number of nitrogens with zero attached hydrogens (tertiary/aromatic N) is 1. The molecule has 1 aliphatic rings. The normalized spacial score (nSPS) is 18.9. The van der Waals surface area contributed by atoms with Crippen LogP contribution in [-0.4, -0.2) is 40.0 Å². The van der Waals surface area contributed by atoms with Crippen molar-refractivity contribution in [1.29, 1.82) is 0 Å². The number of amides is 1. The maximum Gasteiger partial charge on any atom is 0.308 e. The zero-order valence-electron chi connectivity index (χ0n) is 11.6. The van der Waals surface area contributed by atoms with Crippen LogP contribution >= 0.6 is 0 Å². The highest BCUT2D eigenvalue weighted by molar-refractivity contribution is 5.95. The van der Waals surface area contributed by atoms with Gasteiger partial charge in [-0.25, -0.2) is 0 Å². The Hall–Kier alpha value is -2.11. The number of H-pyrrole nitrogens is 1. The summed E-state index contributed by atoms with van der Waals surface area (Å²) in [7, 11) is 0. The van der Waals surface area contributed by atoms with Crippen LogP contribution in [0.3, 0.4) is 0 Å². The van der Waals surface area contributed by atoms with Gasteiger partial charge in [-0.3, -0.25) is 14.4 Å². The van der Waals surface area contributed by atoms with E-state index >= 15 is 0 Å². The average molecular weight is 278 g/mol. The molecule has 2 heterocycles. The van der Waals surface area contributed by atoms with Crippen molar-refractivity contribution in [2.45, 2.75) is 26.7 Å². The summed E-state index contributed by atoms with van der Waals surface area (Å²) >= 11 is 0. The van der Waals surface area contributed by atoms with Crippen LogP contribution in [0.1, 0.15) is 34.5 Å². The van der Waals surface area contributed by atoms with E-state index in [1.807, 2.05) is 0 Å². The van der Waals surface area contributed by atoms with Crippen molar-refractivity contribution in [2.24, 2.45) is 5.92 Å². The zero-order chi connectivity index (χ0) is 14.9. The van der Waals surface area contributed by atoms with E-state index in [-0.39, 0.29) is 18.0 Å². The van der Waals surface area contributed by atoms with Gasteiger partial charge >= 0.3 is 5.97 Å². The predicted molar refractivity (Wildman–Crippen MR) is 72.8 cm³/mol. The maximum absolute atomic E-state index is 12.4. The highest BCUT2D eigenvalue weighted by atomic mass is 16.4. The summed E-state index contributed by atoms with van der Waals surface area (Å²) in [5, 5.41) is 9.05. The highest BCUT2D eigenvalue weighted by Crippen LogP contribution is 2.19.